The molecular weight excluding hydrogens is 244 g/mol. The van der Waals surface area contributed by atoms with Crippen LogP contribution < -0.4 is 5.32 Å². The Morgan fingerprint density at radius 1 is 1.58 bits per heavy atom. The van der Waals surface area contributed by atoms with E-state index in [0.29, 0.717) is 13.2 Å². The minimum absolute atomic E-state index is 0.0132. The predicted molar refractivity (Wildman–Crippen MR) is 71.7 cm³/mol. The van der Waals surface area contributed by atoms with Crippen molar-refractivity contribution in [1.82, 2.24) is 19.8 Å². The first-order valence-corrected chi connectivity index (χ1v) is 6.86. The number of hydrogen-bond donors (Lipinski definition) is 1. The van der Waals surface area contributed by atoms with Crippen molar-refractivity contribution in [2.45, 2.75) is 26.5 Å². The van der Waals surface area contributed by atoms with Crippen LogP contribution in [0.4, 0.5) is 0 Å². The van der Waals surface area contributed by atoms with Crippen LogP contribution >= 0.6 is 0 Å². The van der Waals surface area contributed by atoms with Gasteiger partial charge in [-0.05, 0) is 13.8 Å². The van der Waals surface area contributed by atoms with Crippen LogP contribution in [-0.2, 0) is 16.1 Å². The van der Waals surface area contributed by atoms with Crippen LogP contribution in [0.15, 0.2) is 12.5 Å². The Morgan fingerprint density at radius 3 is 3.00 bits per heavy atom. The zero-order valence-corrected chi connectivity index (χ0v) is 11.6. The normalized spacial score (nSPS) is 19.4. The summed E-state index contributed by atoms with van der Waals surface area (Å²) in [6, 6.07) is 0. The molecule has 2 rings (SSSR count). The maximum Gasteiger partial charge on any atom is 0.242 e. The van der Waals surface area contributed by atoms with Crippen molar-refractivity contribution in [2.75, 3.05) is 32.8 Å². The van der Waals surface area contributed by atoms with Gasteiger partial charge >= 0.3 is 0 Å². The summed E-state index contributed by atoms with van der Waals surface area (Å²) < 4.78 is 7.60. The second-order valence-electron chi connectivity index (χ2n) is 4.58. The van der Waals surface area contributed by atoms with Gasteiger partial charge in [0.2, 0.25) is 5.91 Å². The van der Waals surface area contributed by atoms with Crippen LogP contribution in [0.2, 0.25) is 0 Å². The molecule has 1 atom stereocenters. The number of aromatic nitrogens is 2. The molecule has 1 fully saturated rings. The maximum atomic E-state index is 12.1. The second-order valence-corrected chi connectivity index (χ2v) is 4.58. The molecule has 0 aromatic carbocycles. The Kier molecular flexibility index (Phi) is 4.93. The average Bonchev–Trinajstić information content (AvgIpc) is 2.89. The van der Waals surface area contributed by atoms with Gasteiger partial charge in [0, 0.05) is 26.2 Å². The van der Waals surface area contributed by atoms with E-state index in [0.717, 1.165) is 31.9 Å². The van der Waals surface area contributed by atoms with E-state index in [4.69, 9.17) is 4.74 Å². The largest absolute Gasteiger partial charge is 0.369 e. The fourth-order valence-corrected chi connectivity index (χ4v) is 2.31. The Morgan fingerprint density at radius 2 is 2.37 bits per heavy atom. The smallest absolute Gasteiger partial charge is 0.242 e. The number of ether oxygens (including phenoxy) is 1. The van der Waals surface area contributed by atoms with Crippen LogP contribution in [0.5, 0.6) is 0 Å². The van der Waals surface area contributed by atoms with Gasteiger partial charge in [-0.2, -0.15) is 0 Å². The lowest BCUT2D eigenvalue weighted by atomic mass is 10.2. The zero-order valence-electron chi connectivity index (χ0n) is 11.6. The summed E-state index contributed by atoms with van der Waals surface area (Å²) in [6.07, 6.45) is 3.47. The van der Waals surface area contributed by atoms with Crippen molar-refractivity contribution < 1.29 is 9.53 Å². The van der Waals surface area contributed by atoms with Gasteiger partial charge in [0.05, 0.1) is 24.8 Å². The van der Waals surface area contributed by atoms with Gasteiger partial charge in [0.15, 0.2) is 0 Å². The average molecular weight is 266 g/mol. The summed E-state index contributed by atoms with van der Waals surface area (Å²) in [5.74, 6) is 0.119. The minimum atomic E-state index is -0.0132. The van der Waals surface area contributed by atoms with E-state index in [1.807, 2.05) is 23.3 Å². The van der Waals surface area contributed by atoms with Gasteiger partial charge in [0.1, 0.15) is 12.6 Å². The molecule has 2 heterocycles. The Hall–Kier alpha value is -1.40. The van der Waals surface area contributed by atoms with E-state index < -0.39 is 0 Å². The molecule has 0 bridgehead atoms. The molecule has 6 heteroatoms. The monoisotopic (exact) mass is 266 g/mol. The Balaban J connectivity index is 2.04. The van der Waals surface area contributed by atoms with Crippen molar-refractivity contribution in [3.05, 3.63) is 18.2 Å². The lowest BCUT2D eigenvalue weighted by Crippen LogP contribution is -2.36. The van der Waals surface area contributed by atoms with Gasteiger partial charge in [-0.15, -0.1) is 0 Å². The number of carbonyl (C=O) groups is 1. The first-order chi connectivity index (χ1) is 9.26. The number of carbonyl (C=O) groups excluding carboxylic acids is 1. The molecule has 1 aromatic heterocycles. The standard InChI is InChI=1S/C13H22N4O2/c1-3-16(4-2)13(18)9-17-10-15-7-11(17)12-8-14-5-6-19-12/h7,10,12,14H,3-6,8-9H2,1-2H3. The van der Waals surface area contributed by atoms with E-state index in [9.17, 15) is 4.79 Å². The molecule has 0 aliphatic carbocycles. The molecule has 1 aromatic rings. The van der Waals surface area contributed by atoms with Crippen molar-refractivity contribution >= 4 is 5.91 Å². The van der Waals surface area contributed by atoms with Crippen LogP contribution in [-0.4, -0.2) is 53.1 Å². The van der Waals surface area contributed by atoms with Gasteiger partial charge in [-0.1, -0.05) is 0 Å². The quantitative estimate of drug-likeness (QED) is 0.839. The third kappa shape index (κ3) is 3.33. The van der Waals surface area contributed by atoms with Crippen LogP contribution in [0.25, 0.3) is 0 Å². The number of nitrogens with zero attached hydrogens (tertiary/aromatic N) is 3. The summed E-state index contributed by atoms with van der Waals surface area (Å²) >= 11 is 0. The van der Waals surface area contributed by atoms with E-state index in [1.165, 1.54) is 0 Å². The maximum absolute atomic E-state index is 12.1. The third-order valence-corrected chi connectivity index (χ3v) is 3.42. The molecule has 1 aliphatic rings. The Bertz CT molecular complexity index is 409. The molecule has 1 aliphatic heterocycles. The summed E-state index contributed by atoms with van der Waals surface area (Å²) in [5, 5.41) is 3.29. The van der Waals surface area contributed by atoms with Crippen molar-refractivity contribution in [2.24, 2.45) is 0 Å². The van der Waals surface area contributed by atoms with E-state index in [1.54, 1.807) is 12.5 Å². The SMILES string of the molecule is CCN(CC)C(=O)Cn1cncc1C1CNCCO1. The summed E-state index contributed by atoms with van der Waals surface area (Å²) in [4.78, 5) is 18.1. The molecule has 1 unspecified atom stereocenters. The highest BCUT2D eigenvalue weighted by Gasteiger charge is 2.21. The highest BCUT2D eigenvalue weighted by Crippen LogP contribution is 2.18. The van der Waals surface area contributed by atoms with Crippen LogP contribution in [0.3, 0.4) is 0 Å². The van der Waals surface area contributed by atoms with Gasteiger partial charge in [-0.3, -0.25) is 4.79 Å². The summed E-state index contributed by atoms with van der Waals surface area (Å²) in [5.41, 5.74) is 0.965. The van der Waals surface area contributed by atoms with Gasteiger partial charge in [-0.25, -0.2) is 4.98 Å². The number of rotatable bonds is 5. The Labute approximate surface area is 113 Å². The number of amides is 1. The molecule has 0 radical (unpaired) electrons. The fourth-order valence-electron chi connectivity index (χ4n) is 2.31. The minimum Gasteiger partial charge on any atom is -0.369 e. The molecule has 19 heavy (non-hydrogen) atoms. The number of imidazole rings is 1. The van der Waals surface area contributed by atoms with Gasteiger partial charge < -0.3 is 19.5 Å². The third-order valence-electron chi connectivity index (χ3n) is 3.42. The molecule has 6 nitrogen and oxygen atoms in total. The fraction of sp³-hybridized carbons (Fsp3) is 0.692. The summed E-state index contributed by atoms with van der Waals surface area (Å²) in [6.45, 7) is 8.13. The van der Waals surface area contributed by atoms with Crippen LogP contribution in [0, 0.1) is 0 Å². The van der Waals surface area contributed by atoms with E-state index in [2.05, 4.69) is 10.3 Å². The first-order valence-electron chi connectivity index (χ1n) is 6.86. The molecule has 0 saturated carbocycles. The van der Waals surface area contributed by atoms with Crippen molar-refractivity contribution in [3.63, 3.8) is 0 Å². The molecule has 1 N–H and O–H groups in total. The van der Waals surface area contributed by atoms with Gasteiger partial charge in [0.25, 0.3) is 0 Å². The molecule has 1 saturated heterocycles. The molecule has 0 spiro atoms. The number of morpholine rings is 1. The van der Waals surface area contributed by atoms with Crippen LogP contribution in [0.1, 0.15) is 25.6 Å². The highest BCUT2D eigenvalue weighted by atomic mass is 16.5. The number of hydrogen-bond acceptors (Lipinski definition) is 4. The zero-order chi connectivity index (χ0) is 13.7. The lowest BCUT2D eigenvalue weighted by Gasteiger charge is -2.25. The highest BCUT2D eigenvalue weighted by molar-refractivity contribution is 5.76. The topological polar surface area (TPSA) is 59.4 Å². The van der Waals surface area contributed by atoms with Crippen molar-refractivity contribution in [3.8, 4) is 0 Å². The number of nitrogens with one attached hydrogen (secondary N) is 1. The molecule has 1 amide bonds. The second kappa shape index (κ2) is 6.68. The number of likely N-dealkylation sites (N-methyl/N-ethyl adjacent to an activating group) is 1. The predicted octanol–water partition coefficient (Wildman–Crippen LogP) is 0.412. The van der Waals surface area contributed by atoms with E-state index >= 15 is 0 Å². The summed E-state index contributed by atoms with van der Waals surface area (Å²) in [7, 11) is 0. The lowest BCUT2D eigenvalue weighted by molar-refractivity contribution is -0.131. The molecular formula is C13H22N4O2. The first kappa shape index (κ1) is 14.0. The molecule has 106 valence electrons. The van der Waals surface area contributed by atoms with Crippen molar-refractivity contribution in [1.29, 1.82) is 0 Å². The van der Waals surface area contributed by atoms with E-state index in [-0.39, 0.29) is 12.0 Å².